The molecule has 0 aromatic heterocycles. The summed E-state index contributed by atoms with van der Waals surface area (Å²) < 4.78 is 5.70. The Balaban J connectivity index is 1.43. The number of nitrogens with one attached hydrogen (secondary N) is 1. The molecule has 0 bridgehead atoms. The van der Waals surface area contributed by atoms with Gasteiger partial charge in [0, 0.05) is 31.5 Å². The monoisotopic (exact) mass is 378 g/mol. The molecule has 0 spiro atoms. The molecule has 0 aliphatic carbocycles. The minimum absolute atomic E-state index is 0.103. The highest BCUT2D eigenvalue weighted by Gasteiger charge is 2.22. The van der Waals surface area contributed by atoms with Gasteiger partial charge in [0.05, 0.1) is 19.2 Å². The van der Waals surface area contributed by atoms with E-state index in [2.05, 4.69) is 28.5 Å². The summed E-state index contributed by atoms with van der Waals surface area (Å²) in [5.41, 5.74) is 9.52. The lowest BCUT2D eigenvalue weighted by atomic mass is 10.0. The van der Waals surface area contributed by atoms with E-state index in [4.69, 9.17) is 10.5 Å². The molecule has 0 saturated carbocycles. The van der Waals surface area contributed by atoms with E-state index in [1.54, 1.807) is 0 Å². The zero-order chi connectivity index (χ0) is 19.3. The number of carbonyl (C=O) groups excluding carboxylic acids is 1. The number of likely N-dealkylation sites (tertiary alicyclic amines) is 1. The highest BCUT2D eigenvalue weighted by molar-refractivity contribution is 5.79. The minimum atomic E-state index is 0.103. The van der Waals surface area contributed by atoms with Crippen molar-refractivity contribution in [1.82, 2.24) is 10.2 Å². The first-order chi connectivity index (χ1) is 13.7. The number of benzene rings is 2. The van der Waals surface area contributed by atoms with E-state index < -0.39 is 0 Å². The number of hydrogen-bond acceptors (Lipinski definition) is 3. The lowest BCUT2D eigenvalue weighted by molar-refractivity contribution is -0.128. The van der Waals surface area contributed by atoms with Crippen molar-refractivity contribution in [3.05, 3.63) is 65.2 Å². The van der Waals surface area contributed by atoms with Crippen molar-refractivity contribution in [3.63, 3.8) is 0 Å². The summed E-state index contributed by atoms with van der Waals surface area (Å²) in [7, 11) is 0. The van der Waals surface area contributed by atoms with Crippen molar-refractivity contribution in [2.45, 2.75) is 38.4 Å². The molecule has 1 fully saturated rings. The number of carbonyl (C=O) groups is 1. The zero-order valence-electron chi connectivity index (χ0n) is 15.9. The van der Waals surface area contributed by atoms with E-state index in [1.165, 1.54) is 0 Å². The molecule has 3 N–H and O–H groups in total. The Morgan fingerprint density at radius 3 is 2.79 bits per heavy atom. The van der Waals surface area contributed by atoms with Crippen LogP contribution in [0.4, 0.5) is 0 Å². The van der Waals surface area contributed by atoms with Crippen LogP contribution in [0.5, 0.6) is 5.75 Å². The second-order valence-electron chi connectivity index (χ2n) is 7.26. The Bertz CT molecular complexity index is 880. The third-order valence-corrected chi connectivity index (χ3v) is 5.35. The zero-order valence-corrected chi connectivity index (χ0v) is 15.9. The Kier molecular flexibility index (Phi) is 5.46. The molecule has 1 saturated heterocycles. The van der Waals surface area contributed by atoms with Gasteiger partial charge in [-0.25, -0.2) is 4.99 Å². The molecule has 2 aromatic rings. The number of nitrogens with zero attached hydrogens (tertiary/aromatic N) is 2. The van der Waals surface area contributed by atoms with Crippen LogP contribution in [-0.4, -0.2) is 29.9 Å². The molecular weight excluding hydrogens is 352 g/mol. The standard InChI is InChI=1S/C22H26N4O2/c23-22(25-19-11-13-28-20-9-4-3-8-18(19)20)24-14-16-6-1-2-7-17(16)15-26-12-5-10-21(26)27/h1-4,6-9,19H,5,10-15H2,(H3,23,24,25). The van der Waals surface area contributed by atoms with Gasteiger partial charge in [0.2, 0.25) is 5.91 Å². The number of guanidine groups is 1. The number of ether oxygens (including phenoxy) is 1. The highest BCUT2D eigenvalue weighted by Crippen LogP contribution is 2.31. The molecule has 2 aliphatic heterocycles. The first-order valence-corrected chi connectivity index (χ1v) is 9.83. The third-order valence-electron chi connectivity index (χ3n) is 5.35. The van der Waals surface area contributed by atoms with Crippen LogP contribution in [-0.2, 0) is 17.9 Å². The predicted molar refractivity (Wildman–Crippen MR) is 109 cm³/mol. The van der Waals surface area contributed by atoms with Crippen molar-refractivity contribution in [1.29, 1.82) is 0 Å². The Hall–Kier alpha value is -3.02. The molecular formula is C22H26N4O2. The molecule has 6 heteroatoms. The van der Waals surface area contributed by atoms with Crippen LogP contribution >= 0.6 is 0 Å². The van der Waals surface area contributed by atoms with Crippen LogP contribution in [0.1, 0.15) is 42.0 Å². The van der Waals surface area contributed by atoms with Gasteiger partial charge in [-0.2, -0.15) is 0 Å². The van der Waals surface area contributed by atoms with Gasteiger partial charge in [0.15, 0.2) is 5.96 Å². The molecule has 6 nitrogen and oxygen atoms in total. The number of para-hydroxylation sites is 1. The average Bonchev–Trinajstić information content (AvgIpc) is 3.12. The van der Waals surface area contributed by atoms with E-state index in [-0.39, 0.29) is 11.9 Å². The lowest BCUT2D eigenvalue weighted by Gasteiger charge is -2.27. The maximum Gasteiger partial charge on any atom is 0.222 e. The minimum Gasteiger partial charge on any atom is -0.493 e. The van der Waals surface area contributed by atoms with Crippen LogP contribution in [0, 0.1) is 0 Å². The maximum absolute atomic E-state index is 11.9. The molecule has 2 aliphatic rings. The largest absolute Gasteiger partial charge is 0.493 e. The van der Waals surface area contributed by atoms with Gasteiger partial charge in [-0.1, -0.05) is 42.5 Å². The van der Waals surface area contributed by atoms with Crippen molar-refractivity contribution in [2.75, 3.05) is 13.2 Å². The quantitative estimate of drug-likeness (QED) is 0.619. The SMILES string of the molecule is NC(=NCc1ccccc1CN1CCCC1=O)NC1CCOc2ccccc21. The van der Waals surface area contributed by atoms with E-state index in [1.807, 2.05) is 35.2 Å². The highest BCUT2D eigenvalue weighted by atomic mass is 16.5. The van der Waals surface area contributed by atoms with Crippen LogP contribution in [0.15, 0.2) is 53.5 Å². The summed E-state index contributed by atoms with van der Waals surface area (Å²) in [5.74, 6) is 1.56. The number of amides is 1. The number of hydrogen-bond donors (Lipinski definition) is 2. The molecule has 146 valence electrons. The first kappa shape index (κ1) is 18.3. The van der Waals surface area contributed by atoms with Gasteiger partial charge in [0.25, 0.3) is 0 Å². The fourth-order valence-electron chi connectivity index (χ4n) is 3.83. The van der Waals surface area contributed by atoms with Gasteiger partial charge in [-0.3, -0.25) is 4.79 Å². The molecule has 1 amide bonds. The summed E-state index contributed by atoms with van der Waals surface area (Å²) in [6.45, 7) is 2.63. The molecule has 4 rings (SSSR count). The Morgan fingerprint density at radius 1 is 1.18 bits per heavy atom. The molecule has 1 unspecified atom stereocenters. The van der Waals surface area contributed by atoms with Gasteiger partial charge in [-0.15, -0.1) is 0 Å². The van der Waals surface area contributed by atoms with Crippen molar-refractivity contribution >= 4 is 11.9 Å². The van der Waals surface area contributed by atoms with E-state index in [0.29, 0.717) is 32.1 Å². The number of aliphatic imine (C=N–C) groups is 1. The fourth-order valence-corrected chi connectivity index (χ4v) is 3.83. The maximum atomic E-state index is 11.9. The van der Waals surface area contributed by atoms with E-state index >= 15 is 0 Å². The topological polar surface area (TPSA) is 80.0 Å². The molecule has 0 radical (unpaired) electrons. The summed E-state index contributed by atoms with van der Waals surface area (Å²) in [6, 6.07) is 16.2. The number of rotatable bonds is 5. The molecule has 1 atom stereocenters. The van der Waals surface area contributed by atoms with E-state index in [9.17, 15) is 4.79 Å². The van der Waals surface area contributed by atoms with Crippen LogP contribution < -0.4 is 15.8 Å². The molecule has 28 heavy (non-hydrogen) atoms. The van der Waals surface area contributed by atoms with Gasteiger partial charge < -0.3 is 20.7 Å². The summed E-state index contributed by atoms with van der Waals surface area (Å²) in [4.78, 5) is 18.4. The summed E-state index contributed by atoms with van der Waals surface area (Å²) in [5, 5.41) is 3.33. The molecule has 2 aromatic carbocycles. The van der Waals surface area contributed by atoms with Gasteiger partial charge in [-0.05, 0) is 23.6 Å². The summed E-state index contributed by atoms with van der Waals surface area (Å²) >= 11 is 0. The second kappa shape index (κ2) is 8.33. The van der Waals surface area contributed by atoms with Crippen LogP contribution in [0.3, 0.4) is 0 Å². The first-order valence-electron chi connectivity index (χ1n) is 9.83. The van der Waals surface area contributed by atoms with Crippen molar-refractivity contribution < 1.29 is 9.53 Å². The van der Waals surface area contributed by atoms with Gasteiger partial charge in [0.1, 0.15) is 5.75 Å². The van der Waals surface area contributed by atoms with Crippen LogP contribution in [0.25, 0.3) is 0 Å². The normalized spacial score (nSPS) is 19.3. The van der Waals surface area contributed by atoms with Crippen molar-refractivity contribution in [3.8, 4) is 5.75 Å². The predicted octanol–water partition coefficient (Wildman–Crippen LogP) is 2.74. The number of fused-ring (bicyclic) bond motifs is 1. The van der Waals surface area contributed by atoms with Crippen molar-refractivity contribution in [2.24, 2.45) is 10.7 Å². The van der Waals surface area contributed by atoms with Crippen LogP contribution in [0.2, 0.25) is 0 Å². The second-order valence-corrected chi connectivity index (χ2v) is 7.26. The average molecular weight is 378 g/mol. The fraction of sp³-hybridized carbons (Fsp3) is 0.364. The summed E-state index contributed by atoms with van der Waals surface area (Å²) in [6.07, 6.45) is 2.45. The smallest absolute Gasteiger partial charge is 0.222 e. The Morgan fingerprint density at radius 2 is 1.96 bits per heavy atom. The molecule has 2 heterocycles. The number of nitrogens with two attached hydrogens (primary N) is 1. The Labute approximate surface area is 165 Å². The lowest BCUT2D eigenvalue weighted by Crippen LogP contribution is -2.37. The van der Waals surface area contributed by atoms with Gasteiger partial charge >= 0.3 is 0 Å². The van der Waals surface area contributed by atoms with E-state index in [0.717, 1.165) is 41.8 Å². The third kappa shape index (κ3) is 4.11.